The molecule has 0 saturated heterocycles. The van der Waals surface area contributed by atoms with Crippen LogP contribution < -0.4 is 0 Å². The molecule has 2 nitrogen and oxygen atoms in total. The van der Waals surface area contributed by atoms with Gasteiger partial charge in [0.1, 0.15) is 5.69 Å². The Labute approximate surface area is 87.9 Å². The molecule has 1 heterocycles. The van der Waals surface area contributed by atoms with Crippen LogP contribution in [-0.2, 0) is 0 Å². The first-order valence-corrected chi connectivity index (χ1v) is 4.75. The number of aromatic nitrogens is 1. The van der Waals surface area contributed by atoms with Gasteiger partial charge in [0, 0.05) is 5.38 Å². The standard InChI is InChI=1S/C6H6BrNOS.BrH/c1-4-8-5(3-10-4)6(9)2-7;/h3H,2H2,1H3;1H. The van der Waals surface area contributed by atoms with Gasteiger partial charge in [-0.25, -0.2) is 4.98 Å². The fourth-order valence-corrected chi connectivity index (χ4v) is 1.46. The molecule has 0 amide bonds. The van der Waals surface area contributed by atoms with Gasteiger partial charge >= 0.3 is 0 Å². The van der Waals surface area contributed by atoms with Gasteiger partial charge in [0.05, 0.1) is 10.3 Å². The van der Waals surface area contributed by atoms with Crippen molar-refractivity contribution in [3.8, 4) is 0 Å². The molecule has 0 aliphatic carbocycles. The maximum Gasteiger partial charge on any atom is 0.192 e. The largest absolute Gasteiger partial charge is 0.291 e. The van der Waals surface area contributed by atoms with Gasteiger partial charge in [-0.3, -0.25) is 4.79 Å². The number of rotatable bonds is 2. The van der Waals surface area contributed by atoms with Crippen LogP contribution in [0.4, 0.5) is 0 Å². The molecule has 62 valence electrons. The number of hydrogen-bond donors (Lipinski definition) is 0. The van der Waals surface area contributed by atoms with E-state index in [1.54, 1.807) is 5.38 Å². The van der Waals surface area contributed by atoms with E-state index in [1.165, 1.54) is 11.3 Å². The quantitative estimate of drug-likeness (QED) is 0.621. The fourth-order valence-electron chi connectivity index (χ4n) is 0.560. The zero-order valence-electron chi connectivity index (χ0n) is 5.83. The lowest BCUT2D eigenvalue weighted by atomic mass is 10.4. The number of thiazole rings is 1. The summed E-state index contributed by atoms with van der Waals surface area (Å²) in [7, 11) is 0. The highest BCUT2D eigenvalue weighted by molar-refractivity contribution is 9.09. The Morgan fingerprint density at radius 1 is 1.82 bits per heavy atom. The number of alkyl halides is 1. The summed E-state index contributed by atoms with van der Waals surface area (Å²) in [5.74, 6) is 0.0457. The minimum atomic E-state index is 0. The summed E-state index contributed by atoms with van der Waals surface area (Å²) in [6, 6.07) is 0. The topological polar surface area (TPSA) is 30.0 Å². The highest BCUT2D eigenvalue weighted by Gasteiger charge is 2.05. The van der Waals surface area contributed by atoms with Crippen molar-refractivity contribution in [3.63, 3.8) is 0 Å². The molecule has 0 spiro atoms. The van der Waals surface area contributed by atoms with Crippen molar-refractivity contribution in [2.75, 3.05) is 5.33 Å². The molecule has 0 atom stereocenters. The third kappa shape index (κ3) is 3.01. The number of hydrogen-bond acceptors (Lipinski definition) is 3. The number of Topliss-reactive ketones (excluding diaryl/α,β-unsaturated/α-hetero) is 1. The lowest BCUT2D eigenvalue weighted by molar-refractivity contribution is 0.101. The lowest BCUT2D eigenvalue weighted by Crippen LogP contribution is -1.99. The molecular formula is C6H7Br2NOS. The second-order valence-corrected chi connectivity index (χ2v) is 3.43. The number of halogens is 2. The normalized spacial score (nSPS) is 8.91. The second kappa shape index (κ2) is 5.00. The maximum absolute atomic E-state index is 10.9. The van der Waals surface area contributed by atoms with Crippen molar-refractivity contribution < 1.29 is 4.79 Å². The summed E-state index contributed by atoms with van der Waals surface area (Å²) in [4.78, 5) is 14.9. The van der Waals surface area contributed by atoms with E-state index < -0.39 is 0 Å². The Balaban J connectivity index is 0.000001000. The molecular weight excluding hydrogens is 294 g/mol. The molecule has 1 rings (SSSR count). The summed E-state index contributed by atoms with van der Waals surface area (Å²) in [5.41, 5.74) is 0.569. The monoisotopic (exact) mass is 299 g/mol. The Bertz CT molecular complexity index is 248. The van der Waals surface area contributed by atoms with Crippen LogP contribution in [-0.4, -0.2) is 16.1 Å². The first-order valence-electron chi connectivity index (χ1n) is 2.75. The van der Waals surface area contributed by atoms with Gasteiger partial charge < -0.3 is 0 Å². The Morgan fingerprint density at radius 3 is 2.82 bits per heavy atom. The van der Waals surface area contributed by atoms with Gasteiger partial charge in [-0.2, -0.15) is 0 Å². The van der Waals surface area contributed by atoms with Crippen molar-refractivity contribution in [1.29, 1.82) is 0 Å². The Morgan fingerprint density at radius 2 is 2.45 bits per heavy atom. The van der Waals surface area contributed by atoms with E-state index >= 15 is 0 Å². The zero-order valence-corrected chi connectivity index (χ0v) is 9.95. The van der Waals surface area contributed by atoms with Crippen molar-refractivity contribution in [1.82, 2.24) is 4.98 Å². The molecule has 0 N–H and O–H groups in total. The summed E-state index contributed by atoms with van der Waals surface area (Å²) in [6.07, 6.45) is 0. The Hall–Kier alpha value is 0.260. The van der Waals surface area contributed by atoms with Gasteiger partial charge in [-0.1, -0.05) is 15.9 Å². The van der Waals surface area contributed by atoms with Crippen molar-refractivity contribution in [2.45, 2.75) is 6.92 Å². The summed E-state index contributed by atoms with van der Waals surface area (Å²) in [5, 5.41) is 3.07. The molecule has 0 aromatic carbocycles. The van der Waals surface area contributed by atoms with Gasteiger partial charge in [-0.15, -0.1) is 28.3 Å². The molecule has 1 aromatic rings. The van der Waals surface area contributed by atoms with Crippen LogP contribution in [0.25, 0.3) is 0 Å². The average Bonchev–Trinajstić information content (AvgIpc) is 2.34. The maximum atomic E-state index is 10.9. The van der Waals surface area contributed by atoms with E-state index in [4.69, 9.17) is 0 Å². The number of aryl methyl sites for hydroxylation is 1. The number of ketones is 1. The number of nitrogens with zero attached hydrogens (tertiary/aromatic N) is 1. The highest BCUT2D eigenvalue weighted by atomic mass is 79.9. The number of carbonyl (C=O) groups is 1. The van der Waals surface area contributed by atoms with Crippen LogP contribution >= 0.6 is 44.2 Å². The zero-order chi connectivity index (χ0) is 7.56. The summed E-state index contributed by atoms with van der Waals surface area (Å²) >= 11 is 4.57. The predicted octanol–water partition coefficient (Wildman–Crippen LogP) is 2.61. The van der Waals surface area contributed by atoms with E-state index in [2.05, 4.69) is 20.9 Å². The lowest BCUT2D eigenvalue weighted by Gasteiger charge is -1.85. The minimum absolute atomic E-state index is 0. The second-order valence-electron chi connectivity index (χ2n) is 1.81. The molecule has 0 radical (unpaired) electrons. The van der Waals surface area contributed by atoms with Crippen LogP contribution in [0.5, 0.6) is 0 Å². The predicted molar refractivity (Wildman–Crippen MR) is 55.3 cm³/mol. The van der Waals surface area contributed by atoms with E-state index in [0.717, 1.165) is 5.01 Å². The van der Waals surface area contributed by atoms with E-state index in [-0.39, 0.29) is 22.8 Å². The van der Waals surface area contributed by atoms with E-state index in [0.29, 0.717) is 11.0 Å². The third-order valence-electron chi connectivity index (χ3n) is 1.03. The minimum Gasteiger partial charge on any atom is -0.291 e. The average molecular weight is 301 g/mol. The van der Waals surface area contributed by atoms with Gasteiger partial charge in [0.15, 0.2) is 5.78 Å². The van der Waals surface area contributed by atoms with Crippen LogP contribution in [0.2, 0.25) is 0 Å². The van der Waals surface area contributed by atoms with Crippen LogP contribution in [0, 0.1) is 6.92 Å². The molecule has 0 saturated carbocycles. The van der Waals surface area contributed by atoms with Crippen LogP contribution in [0.15, 0.2) is 5.38 Å². The third-order valence-corrected chi connectivity index (χ3v) is 2.31. The number of carbonyl (C=O) groups excluding carboxylic acids is 1. The molecule has 0 aliphatic heterocycles. The highest BCUT2D eigenvalue weighted by Crippen LogP contribution is 2.08. The van der Waals surface area contributed by atoms with Crippen molar-refractivity contribution in [3.05, 3.63) is 16.1 Å². The van der Waals surface area contributed by atoms with E-state index in [9.17, 15) is 4.79 Å². The van der Waals surface area contributed by atoms with Crippen LogP contribution in [0.3, 0.4) is 0 Å². The SMILES string of the molecule is Br.Cc1nc(C(=O)CBr)cs1. The molecule has 0 bridgehead atoms. The van der Waals surface area contributed by atoms with Gasteiger partial charge in [0.25, 0.3) is 0 Å². The molecule has 11 heavy (non-hydrogen) atoms. The molecule has 0 aliphatic rings. The molecule has 1 aromatic heterocycles. The van der Waals surface area contributed by atoms with Crippen molar-refractivity contribution >= 4 is 50.0 Å². The van der Waals surface area contributed by atoms with E-state index in [1.807, 2.05) is 6.92 Å². The molecule has 5 heteroatoms. The first kappa shape index (κ1) is 11.3. The summed E-state index contributed by atoms with van der Waals surface area (Å²) in [6.45, 7) is 1.88. The molecule has 0 fully saturated rings. The molecule has 0 unspecified atom stereocenters. The Kier molecular flexibility index (Phi) is 5.12. The van der Waals surface area contributed by atoms with Crippen LogP contribution in [0.1, 0.15) is 15.5 Å². The first-order chi connectivity index (χ1) is 4.74. The van der Waals surface area contributed by atoms with Gasteiger partial charge in [-0.05, 0) is 6.92 Å². The fraction of sp³-hybridized carbons (Fsp3) is 0.333. The van der Waals surface area contributed by atoms with Crippen molar-refractivity contribution in [2.24, 2.45) is 0 Å². The van der Waals surface area contributed by atoms with Gasteiger partial charge in [0.2, 0.25) is 0 Å². The smallest absolute Gasteiger partial charge is 0.192 e. The summed E-state index contributed by atoms with van der Waals surface area (Å²) < 4.78 is 0.